The molecule has 1 saturated heterocycles. The van der Waals surface area contributed by atoms with E-state index in [9.17, 15) is 4.79 Å². The van der Waals surface area contributed by atoms with Crippen LogP contribution < -0.4 is 10.6 Å². The highest BCUT2D eigenvalue weighted by Gasteiger charge is 2.41. The molecule has 3 aromatic rings. The third kappa shape index (κ3) is 4.39. The molecule has 7 heteroatoms. The molecule has 1 aliphatic rings. The van der Waals surface area contributed by atoms with Gasteiger partial charge >= 0.3 is 0 Å². The molecule has 1 fully saturated rings. The predicted octanol–water partition coefficient (Wildman–Crippen LogP) is 4.35. The van der Waals surface area contributed by atoms with E-state index in [-0.39, 0.29) is 18.0 Å². The zero-order chi connectivity index (χ0) is 22.8. The number of thiocarbonyl (C=S) groups is 1. The third-order valence-corrected chi connectivity index (χ3v) is 6.60. The zero-order valence-electron chi connectivity index (χ0n) is 18.9. The van der Waals surface area contributed by atoms with Crippen molar-refractivity contribution in [1.82, 2.24) is 19.8 Å². The van der Waals surface area contributed by atoms with Gasteiger partial charge in [0.15, 0.2) is 5.11 Å². The van der Waals surface area contributed by atoms with Crippen molar-refractivity contribution in [1.29, 1.82) is 0 Å². The van der Waals surface area contributed by atoms with E-state index in [0.29, 0.717) is 18.1 Å². The number of carbonyl (C=O) groups is 1. The van der Waals surface area contributed by atoms with Gasteiger partial charge in [-0.15, -0.1) is 0 Å². The van der Waals surface area contributed by atoms with Crippen molar-refractivity contribution in [3.05, 3.63) is 82.9 Å². The van der Waals surface area contributed by atoms with Gasteiger partial charge in [-0.2, -0.15) is 0 Å². The molecule has 3 heterocycles. The van der Waals surface area contributed by atoms with Crippen molar-refractivity contribution in [3.63, 3.8) is 0 Å². The Morgan fingerprint density at radius 3 is 2.53 bits per heavy atom. The van der Waals surface area contributed by atoms with Gasteiger partial charge < -0.3 is 20.1 Å². The van der Waals surface area contributed by atoms with Crippen LogP contribution in [0.1, 0.15) is 46.7 Å². The lowest BCUT2D eigenvalue weighted by molar-refractivity contribution is -0.116. The molecule has 1 aliphatic heterocycles. The molecule has 166 valence electrons. The number of carbonyl (C=O) groups excluding carboxylic acids is 1. The maximum absolute atomic E-state index is 12.7. The number of pyridine rings is 1. The van der Waals surface area contributed by atoms with Gasteiger partial charge in [0.05, 0.1) is 17.8 Å². The molecule has 2 atom stereocenters. The molecule has 0 aliphatic carbocycles. The average molecular weight is 448 g/mol. The molecular formula is C25H29N5OS. The van der Waals surface area contributed by atoms with Gasteiger partial charge in [0, 0.05) is 43.3 Å². The number of nitrogens with one attached hydrogen (secondary N) is 2. The summed E-state index contributed by atoms with van der Waals surface area (Å²) in [5.74, 6) is -0.0300. The topological polar surface area (TPSA) is 62.2 Å². The molecule has 0 bridgehead atoms. The number of nitrogens with zero attached hydrogens (tertiary/aromatic N) is 3. The number of amides is 1. The molecule has 0 saturated carbocycles. The summed E-state index contributed by atoms with van der Waals surface area (Å²) in [6.45, 7) is 6.77. The standard InChI is InChI=1S/C25H29N5OS/c1-16-8-10-19(11-9-16)27-22(31)12-14-30-24(20-15-17(2)29(4)18(20)3)23(28-25(30)32)21-7-5-6-13-26-21/h5-11,13,15,23-24H,12,14H2,1-4H3,(H,27,31)(H,28,32)/t23-,24+/m0/s1. The van der Waals surface area contributed by atoms with Gasteiger partial charge in [-0.25, -0.2) is 0 Å². The van der Waals surface area contributed by atoms with E-state index in [0.717, 1.165) is 16.9 Å². The first-order valence-electron chi connectivity index (χ1n) is 10.8. The zero-order valence-corrected chi connectivity index (χ0v) is 19.7. The van der Waals surface area contributed by atoms with Crippen LogP contribution in [0.4, 0.5) is 5.69 Å². The van der Waals surface area contributed by atoms with E-state index in [1.165, 1.54) is 17.0 Å². The minimum absolute atomic E-state index is 0.0300. The van der Waals surface area contributed by atoms with Crippen LogP contribution in [0.25, 0.3) is 0 Å². The molecule has 1 amide bonds. The van der Waals surface area contributed by atoms with Crippen molar-refractivity contribution in [3.8, 4) is 0 Å². The monoisotopic (exact) mass is 447 g/mol. The third-order valence-electron chi connectivity index (χ3n) is 6.25. The second kappa shape index (κ2) is 9.12. The number of rotatable bonds is 6. The molecular weight excluding hydrogens is 418 g/mol. The molecule has 0 spiro atoms. The van der Waals surface area contributed by atoms with Crippen molar-refractivity contribution < 1.29 is 4.79 Å². The number of anilines is 1. The van der Waals surface area contributed by atoms with E-state index >= 15 is 0 Å². The van der Waals surface area contributed by atoms with Crippen LogP contribution >= 0.6 is 12.2 Å². The van der Waals surface area contributed by atoms with E-state index in [1.807, 2.05) is 49.4 Å². The highest BCUT2D eigenvalue weighted by molar-refractivity contribution is 7.80. The number of aryl methyl sites for hydroxylation is 2. The second-order valence-corrected chi connectivity index (χ2v) is 8.76. The summed E-state index contributed by atoms with van der Waals surface area (Å²) in [5.41, 5.74) is 6.48. The number of hydrogen-bond donors (Lipinski definition) is 2. The van der Waals surface area contributed by atoms with Crippen LogP contribution in [-0.4, -0.2) is 32.0 Å². The fourth-order valence-electron chi connectivity index (χ4n) is 4.25. The minimum Gasteiger partial charge on any atom is -0.352 e. The SMILES string of the molecule is Cc1ccc(NC(=O)CCN2C(=S)N[C@@H](c3ccccn3)[C@H]2c2cc(C)n(C)c2C)cc1. The normalized spacial score (nSPS) is 18.0. The van der Waals surface area contributed by atoms with Gasteiger partial charge in [-0.3, -0.25) is 9.78 Å². The largest absolute Gasteiger partial charge is 0.352 e. The van der Waals surface area contributed by atoms with E-state index < -0.39 is 0 Å². The van der Waals surface area contributed by atoms with E-state index in [2.05, 4.69) is 52.0 Å². The van der Waals surface area contributed by atoms with Gasteiger partial charge in [-0.05, 0) is 68.9 Å². The second-order valence-electron chi connectivity index (χ2n) is 8.37. The summed E-state index contributed by atoms with van der Waals surface area (Å²) in [5, 5.41) is 7.09. The van der Waals surface area contributed by atoms with E-state index in [1.54, 1.807) is 6.20 Å². The van der Waals surface area contributed by atoms with Gasteiger partial charge in [0.25, 0.3) is 0 Å². The molecule has 2 N–H and O–H groups in total. The maximum atomic E-state index is 12.7. The summed E-state index contributed by atoms with van der Waals surface area (Å²) in [7, 11) is 2.07. The average Bonchev–Trinajstić information content (AvgIpc) is 3.25. The molecule has 6 nitrogen and oxygen atoms in total. The van der Waals surface area contributed by atoms with Crippen LogP contribution in [0.15, 0.2) is 54.7 Å². The van der Waals surface area contributed by atoms with Crippen LogP contribution in [0.5, 0.6) is 0 Å². The van der Waals surface area contributed by atoms with Crippen molar-refractivity contribution >= 4 is 28.9 Å². The van der Waals surface area contributed by atoms with Crippen molar-refractivity contribution in [2.45, 2.75) is 39.3 Å². The van der Waals surface area contributed by atoms with Gasteiger partial charge in [0.1, 0.15) is 0 Å². The maximum Gasteiger partial charge on any atom is 0.226 e. The number of hydrogen-bond acceptors (Lipinski definition) is 3. The summed E-state index contributed by atoms with van der Waals surface area (Å²) in [4.78, 5) is 19.4. The Morgan fingerprint density at radius 1 is 1.16 bits per heavy atom. The molecule has 32 heavy (non-hydrogen) atoms. The lowest BCUT2D eigenvalue weighted by Gasteiger charge is -2.28. The summed E-state index contributed by atoms with van der Waals surface area (Å²) >= 11 is 5.72. The Bertz CT molecular complexity index is 1120. The van der Waals surface area contributed by atoms with Crippen LogP contribution in [0, 0.1) is 20.8 Å². The van der Waals surface area contributed by atoms with Gasteiger partial charge in [0.2, 0.25) is 5.91 Å². The highest BCUT2D eigenvalue weighted by atomic mass is 32.1. The smallest absolute Gasteiger partial charge is 0.226 e. The Hall–Kier alpha value is -3.19. The van der Waals surface area contributed by atoms with E-state index in [4.69, 9.17) is 12.2 Å². The summed E-state index contributed by atoms with van der Waals surface area (Å²) < 4.78 is 2.19. The molecule has 0 unspecified atom stereocenters. The molecule has 1 aromatic carbocycles. The first-order chi connectivity index (χ1) is 15.3. The lowest BCUT2D eigenvalue weighted by atomic mass is 9.96. The molecule has 2 aromatic heterocycles. The Morgan fingerprint density at radius 2 is 1.91 bits per heavy atom. The first-order valence-corrected chi connectivity index (χ1v) is 11.2. The number of aromatic nitrogens is 2. The molecule has 0 radical (unpaired) electrons. The van der Waals surface area contributed by atoms with Crippen LogP contribution in [0.2, 0.25) is 0 Å². The predicted molar refractivity (Wildman–Crippen MR) is 131 cm³/mol. The molecule has 4 rings (SSSR count). The van der Waals surface area contributed by atoms with Crippen molar-refractivity contribution in [2.24, 2.45) is 7.05 Å². The fraction of sp³-hybridized carbons (Fsp3) is 0.320. The highest BCUT2D eigenvalue weighted by Crippen LogP contribution is 2.40. The van der Waals surface area contributed by atoms with Gasteiger partial charge in [-0.1, -0.05) is 23.8 Å². The fourth-order valence-corrected chi connectivity index (χ4v) is 4.58. The number of benzene rings is 1. The minimum atomic E-state index is -0.0793. The van der Waals surface area contributed by atoms with Crippen LogP contribution in [0.3, 0.4) is 0 Å². The Balaban J connectivity index is 1.57. The van der Waals surface area contributed by atoms with Crippen LogP contribution in [-0.2, 0) is 11.8 Å². The lowest BCUT2D eigenvalue weighted by Crippen LogP contribution is -2.32. The summed E-state index contributed by atoms with van der Waals surface area (Å²) in [6.07, 6.45) is 2.14. The van der Waals surface area contributed by atoms with Crippen molar-refractivity contribution in [2.75, 3.05) is 11.9 Å². The Kier molecular flexibility index (Phi) is 6.28. The summed E-state index contributed by atoms with van der Waals surface area (Å²) in [6, 6.07) is 15.8. The Labute approximate surface area is 194 Å². The first kappa shape index (κ1) is 22.0. The quantitative estimate of drug-likeness (QED) is 0.550.